The predicted molar refractivity (Wildman–Crippen MR) is 78.7 cm³/mol. The summed E-state index contributed by atoms with van der Waals surface area (Å²) in [4.78, 5) is 11.4. The number of carbonyl (C=O) groups excluding carboxylic acids is 1. The molecule has 0 aliphatic heterocycles. The lowest BCUT2D eigenvalue weighted by molar-refractivity contribution is -0.119. The number of sulfone groups is 1. The Morgan fingerprint density at radius 2 is 1.95 bits per heavy atom. The van der Waals surface area contributed by atoms with Crippen molar-refractivity contribution in [3.63, 3.8) is 0 Å². The minimum Gasteiger partial charge on any atom is -0.410 e. The van der Waals surface area contributed by atoms with Gasteiger partial charge >= 0.3 is 5.22 Å². The van der Waals surface area contributed by atoms with Crippen molar-refractivity contribution >= 4 is 15.7 Å². The van der Waals surface area contributed by atoms with Gasteiger partial charge in [-0.15, -0.1) is 5.10 Å². The molecule has 0 radical (unpaired) electrons. The van der Waals surface area contributed by atoms with Crippen LogP contribution in [0.2, 0.25) is 0 Å². The van der Waals surface area contributed by atoms with Crippen LogP contribution in [-0.2, 0) is 21.1 Å². The number of carbonyl (C=O) groups is 1. The van der Waals surface area contributed by atoms with Gasteiger partial charge in [0.15, 0.2) is 0 Å². The lowest BCUT2D eigenvalue weighted by Crippen LogP contribution is -2.28. The predicted octanol–water partition coefficient (Wildman–Crippen LogP) is 1.28. The molecule has 1 N–H and O–H groups in total. The van der Waals surface area contributed by atoms with Gasteiger partial charge in [0.25, 0.3) is 0 Å². The highest BCUT2D eigenvalue weighted by Crippen LogP contribution is 2.19. The van der Waals surface area contributed by atoms with Crippen molar-refractivity contribution in [1.82, 2.24) is 15.5 Å². The van der Waals surface area contributed by atoms with Crippen LogP contribution < -0.4 is 5.32 Å². The Hall–Kier alpha value is -2.22. The van der Waals surface area contributed by atoms with E-state index in [2.05, 4.69) is 15.5 Å². The Bertz CT molecular complexity index is 740. The van der Waals surface area contributed by atoms with Crippen LogP contribution in [0.4, 0.5) is 0 Å². The van der Waals surface area contributed by atoms with E-state index >= 15 is 0 Å². The fraction of sp³-hybridized carbons (Fsp3) is 0.357. The third-order valence-corrected chi connectivity index (χ3v) is 4.48. The van der Waals surface area contributed by atoms with Crippen molar-refractivity contribution in [1.29, 1.82) is 0 Å². The summed E-state index contributed by atoms with van der Waals surface area (Å²) in [6, 6.07) is 8.86. The molecule has 1 aromatic carbocycles. The molecule has 1 heterocycles. The van der Waals surface area contributed by atoms with Gasteiger partial charge in [-0.2, -0.15) is 0 Å². The second-order valence-corrected chi connectivity index (χ2v) is 6.91. The molecule has 118 valence electrons. The molecule has 0 bridgehead atoms. The molecule has 1 amide bonds. The van der Waals surface area contributed by atoms with Crippen LogP contribution in [0.5, 0.6) is 0 Å². The SMILES string of the molecule is CCS(=O)(=O)c1nnc([C@H](Cc2ccccc2)NC(C)=O)o1. The maximum atomic E-state index is 11.7. The first kappa shape index (κ1) is 16.2. The summed E-state index contributed by atoms with van der Waals surface area (Å²) < 4.78 is 28.7. The van der Waals surface area contributed by atoms with Gasteiger partial charge in [-0.1, -0.05) is 42.4 Å². The van der Waals surface area contributed by atoms with E-state index in [1.807, 2.05) is 30.3 Å². The van der Waals surface area contributed by atoms with E-state index in [9.17, 15) is 13.2 Å². The molecule has 0 spiro atoms. The monoisotopic (exact) mass is 323 g/mol. The molecular weight excluding hydrogens is 306 g/mol. The number of nitrogens with one attached hydrogen (secondary N) is 1. The molecule has 0 saturated carbocycles. The van der Waals surface area contributed by atoms with Crippen molar-refractivity contribution in [2.24, 2.45) is 0 Å². The first-order valence-electron chi connectivity index (χ1n) is 6.79. The normalized spacial score (nSPS) is 12.8. The van der Waals surface area contributed by atoms with E-state index in [-0.39, 0.29) is 17.6 Å². The number of nitrogens with zero attached hydrogens (tertiary/aromatic N) is 2. The highest BCUT2D eigenvalue weighted by atomic mass is 32.2. The van der Waals surface area contributed by atoms with Gasteiger partial charge in [-0.3, -0.25) is 4.79 Å². The molecular formula is C14H17N3O4S. The van der Waals surface area contributed by atoms with Crippen molar-refractivity contribution < 1.29 is 17.6 Å². The Morgan fingerprint density at radius 1 is 1.27 bits per heavy atom. The van der Waals surface area contributed by atoms with Crippen LogP contribution in [0.15, 0.2) is 40.0 Å². The molecule has 0 aliphatic rings. The number of hydrogen-bond acceptors (Lipinski definition) is 6. The van der Waals surface area contributed by atoms with E-state index in [4.69, 9.17) is 4.42 Å². The van der Waals surface area contributed by atoms with Crippen LogP contribution in [0, 0.1) is 0 Å². The zero-order valence-corrected chi connectivity index (χ0v) is 13.1. The second kappa shape index (κ2) is 6.69. The Morgan fingerprint density at radius 3 is 2.55 bits per heavy atom. The summed E-state index contributed by atoms with van der Waals surface area (Å²) in [6.45, 7) is 2.87. The lowest BCUT2D eigenvalue weighted by atomic mass is 10.1. The maximum Gasteiger partial charge on any atom is 0.335 e. The Balaban J connectivity index is 2.28. The van der Waals surface area contributed by atoms with Crippen LogP contribution in [0.25, 0.3) is 0 Å². The third kappa shape index (κ3) is 3.91. The van der Waals surface area contributed by atoms with Crippen LogP contribution >= 0.6 is 0 Å². The fourth-order valence-electron chi connectivity index (χ4n) is 1.91. The molecule has 0 aliphatic carbocycles. The minimum atomic E-state index is -3.57. The smallest absolute Gasteiger partial charge is 0.335 e. The van der Waals surface area contributed by atoms with Gasteiger partial charge in [0, 0.05) is 13.3 Å². The molecule has 0 fully saturated rings. The summed E-state index contributed by atoms with van der Waals surface area (Å²) in [5, 5.41) is 9.62. The largest absolute Gasteiger partial charge is 0.410 e. The summed E-state index contributed by atoms with van der Waals surface area (Å²) in [5.41, 5.74) is 0.958. The lowest BCUT2D eigenvalue weighted by Gasteiger charge is -2.13. The first-order valence-corrected chi connectivity index (χ1v) is 8.44. The fourth-order valence-corrected chi connectivity index (χ4v) is 2.53. The molecule has 0 unspecified atom stereocenters. The number of rotatable bonds is 6. The third-order valence-electron chi connectivity index (χ3n) is 3.03. The molecule has 1 atom stereocenters. The molecule has 22 heavy (non-hydrogen) atoms. The van der Waals surface area contributed by atoms with E-state index in [1.54, 1.807) is 0 Å². The average molecular weight is 323 g/mol. The van der Waals surface area contributed by atoms with Crippen LogP contribution in [0.3, 0.4) is 0 Å². The van der Waals surface area contributed by atoms with Crippen LogP contribution in [0.1, 0.15) is 31.3 Å². The highest BCUT2D eigenvalue weighted by molar-refractivity contribution is 7.91. The maximum absolute atomic E-state index is 11.7. The first-order chi connectivity index (χ1) is 10.4. The number of benzene rings is 1. The summed E-state index contributed by atoms with van der Waals surface area (Å²) in [5.74, 6) is -0.317. The molecule has 7 nitrogen and oxygen atoms in total. The van der Waals surface area contributed by atoms with E-state index < -0.39 is 21.1 Å². The summed E-state index contributed by atoms with van der Waals surface area (Å²) in [6.07, 6.45) is 0.425. The molecule has 8 heteroatoms. The van der Waals surface area contributed by atoms with Gasteiger partial charge in [-0.25, -0.2) is 8.42 Å². The summed E-state index contributed by atoms with van der Waals surface area (Å²) >= 11 is 0. The number of hydrogen-bond donors (Lipinski definition) is 1. The van der Waals surface area contributed by atoms with Crippen molar-refractivity contribution in [3.8, 4) is 0 Å². The quantitative estimate of drug-likeness (QED) is 0.859. The van der Waals surface area contributed by atoms with Crippen molar-refractivity contribution in [2.45, 2.75) is 31.5 Å². The van der Waals surface area contributed by atoms with Gasteiger partial charge < -0.3 is 9.73 Å². The van der Waals surface area contributed by atoms with Gasteiger partial charge in [0.05, 0.1) is 5.75 Å². The van der Waals surface area contributed by atoms with E-state index in [1.165, 1.54) is 13.8 Å². The molecule has 0 saturated heterocycles. The Kier molecular flexibility index (Phi) is 4.92. The minimum absolute atomic E-state index is 0.0751. The van der Waals surface area contributed by atoms with E-state index in [0.717, 1.165) is 5.56 Å². The zero-order chi connectivity index (χ0) is 16.2. The standard InChI is InChI=1S/C14H17N3O4S/c1-3-22(19,20)14-17-16-13(21-14)12(15-10(2)18)9-11-7-5-4-6-8-11/h4-8,12H,3,9H2,1-2H3,(H,15,18)/t12-/m0/s1. The Labute approximate surface area is 128 Å². The van der Waals surface area contributed by atoms with Crippen molar-refractivity contribution in [3.05, 3.63) is 41.8 Å². The summed E-state index contributed by atoms with van der Waals surface area (Å²) in [7, 11) is -3.57. The molecule has 2 aromatic rings. The topological polar surface area (TPSA) is 102 Å². The number of amides is 1. The molecule has 2 rings (SSSR count). The van der Waals surface area contributed by atoms with Gasteiger partial charge in [0.2, 0.25) is 21.6 Å². The highest BCUT2D eigenvalue weighted by Gasteiger charge is 2.25. The average Bonchev–Trinajstić information content (AvgIpc) is 2.98. The van der Waals surface area contributed by atoms with Crippen molar-refractivity contribution in [2.75, 3.05) is 5.75 Å². The van der Waals surface area contributed by atoms with E-state index in [0.29, 0.717) is 6.42 Å². The second-order valence-electron chi connectivity index (χ2n) is 4.75. The van der Waals surface area contributed by atoms with Gasteiger partial charge in [0.1, 0.15) is 6.04 Å². The van der Waals surface area contributed by atoms with Gasteiger partial charge in [-0.05, 0) is 5.56 Å². The zero-order valence-electron chi connectivity index (χ0n) is 12.3. The van der Waals surface area contributed by atoms with Crippen LogP contribution in [-0.4, -0.2) is 30.3 Å². The number of aromatic nitrogens is 2. The molecule has 1 aromatic heterocycles.